The Morgan fingerprint density at radius 3 is 2.22 bits per heavy atom. The highest BCUT2D eigenvalue weighted by Gasteiger charge is 2.33. The van der Waals surface area contributed by atoms with Crippen LogP contribution >= 0.6 is 0 Å². The van der Waals surface area contributed by atoms with Gasteiger partial charge < -0.3 is 11.1 Å². The van der Waals surface area contributed by atoms with Crippen LogP contribution in [0.3, 0.4) is 0 Å². The monoisotopic (exact) mass is 250 g/mol. The van der Waals surface area contributed by atoms with Gasteiger partial charge in [0, 0.05) is 18.1 Å². The van der Waals surface area contributed by atoms with Gasteiger partial charge in [-0.15, -0.1) is 0 Å². The number of hydrogen-bond acceptors (Lipinski definition) is 2. The van der Waals surface area contributed by atoms with Gasteiger partial charge in [0.2, 0.25) is 0 Å². The summed E-state index contributed by atoms with van der Waals surface area (Å²) in [4.78, 5) is 0. The quantitative estimate of drug-likeness (QED) is 0.865. The molecule has 18 heavy (non-hydrogen) atoms. The molecule has 0 aromatic heterocycles. The van der Waals surface area contributed by atoms with Crippen LogP contribution in [0.1, 0.15) is 45.2 Å². The van der Waals surface area contributed by atoms with Gasteiger partial charge in [-0.25, -0.2) is 4.39 Å². The third-order valence-electron chi connectivity index (χ3n) is 3.65. The predicted molar refractivity (Wildman–Crippen MR) is 72.7 cm³/mol. The number of rotatable bonds is 3. The van der Waals surface area contributed by atoms with Gasteiger partial charge in [-0.2, -0.15) is 0 Å². The average Bonchev–Trinajstić information content (AvgIpc) is 2.23. The molecule has 0 spiro atoms. The number of hydrogen-bond donors (Lipinski definition) is 2. The van der Waals surface area contributed by atoms with Crippen LogP contribution in [-0.2, 0) is 0 Å². The van der Waals surface area contributed by atoms with Crippen LogP contribution in [0.4, 0.5) is 4.39 Å². The summed E-state index contributed by atoms with van der Waals surface area (Å²) in [5.74, 6) is -0.183. The fourth-order valence-corrected chi connectivity index (χ4v) is 2.54. The van der Waals surface area contributed by atoms with Crippen molar-refractivity contribution in [3.8, 4) is 0 Å². The Kier molecular flexibility index (Phi) is 3.74. The molecule has 0 bridgehead atoms. The maximum absolute atomic E-state index is 13.0. The first-order valence-corrected chi connectivity index (χ1v) is 6.63. The Morgan fingerprint density at radius 2 is 1.78 bits per heavy atom. The first kappa shape index (κ1) is 13.5. The van der Waals surface area contributed by atoms with E-state index in [0.29, 0.717) is 12.1 Å². The highest BCUT2D eigenvalue weighted by atomic mass is 19.1. The van der Waals surface area contributed by atoms with Crippen LogP contribution in [0.2, 0.25) is 0 Å². The lowest BCUT2D eigenvalue weighted by atomic mass is 9.79. The van der Waals surface area contributed by atoms with E-state index in [9.17, 15) is 4.39 Å². The number of benzene rings is 1. The van der Waals surface area contributed by atoms with Crippen molar-refractivity contribution < 1.29 is 4.39 Å². The molecule has 0 amide bonds. The fraction of sp³-hybridized carbons (Fsp3) is 0.600. The summed E-state index contributed by atoms with van der Waals surface area (Å²) in [6.45, 7) is 6.60. The molecule has 1 saturated carbocycles. The van der Waals surface area contributed by atoms with Crippen LogP contribution in [0.15, 0.2) is 24.3 Å². The number of nitrogens with one attached hydrogen (secondary N) is 1. The topological polar surface area (TPSA) is 38.0 Å². The van der Waals surface area contributed by atoms with Crippen molar-refractivity contribution in [1.82, 2.24) is 5.32 Å². The molecule has 0 aliphatic heterocycles. The Balaban J connectivity index is 2.12. The van der Waals surface area contributed by atoms with Crippen molar-refractivity contribution in [3.05, 3.63) is 35.6 Å². The van der Waals surface area contributed by atoms with Gasteiger partial charge in [-0.05, 0) is 36.0 Å². The van der Waals surface area contributed by atoms with Gasteiger partial charge in [0.05, 0.1) is 0 Å². The molecule has 1 aromatic carbocycles. The molecule has 1 aliphatic rings. The highest BCUT2D eigenvalue weighted by Crippen LogP contribution is 2.35. The number of nitrogens with two attached hydrogens (primary N) is 1. The smallest absolute Gasteiger partial charge is 0.123 e. The molecular weight excluding hydrogens is 227 g/mol. The molecule has 3 N–H and O–H groups in total. The van der Waals surface area contributed by atoms with E-state index in [1.807, 2.05) is 12.1 Å². The molecule has 3 heteroatoms. The van der Waals surface area contributed by atoms with Crippen LogP contribution in [0.5, 0.6) is 0 Å². The van der Waals surface area contributed by atoms with Gasteiger partial charge in [0.15, 0.2) is 0 Å². The SMILES string of the molecule is CC(C)(C)C(NC1CC(N)C1)c1ccc(F)cc1. The largest absolute Gasteiger partial charge is 0.328 e. The third kappa shape index (κ3) is 3.09. The van der Waals surface area contributed by atoms with E-state index in [1.165, 1.54) is 12.1 Å². The zero-order chi connectivity index (χ0) is 13.3. The minimum absolute atomic E-state index is 0.0948. The zero-order valence-corrected chi connectivity index (χ0v) is 11.4. The molecule has 1 unspecified atom stereocenters. The molecule has 1 atom stereocenters. The second kappa shape index (κ2) is 4.98. The summed E-state index contributed by atoms with van der Waals surface area (Å²) in [7, 11) is 0. The van der Waals surface area contributed by atoms with Crippen molar-refractivity contribution in [2.24, 2.45) is 11.1 Å². The van der Waals surface area contributed by atoms with Crippen LogP contribution in [-0.4, -0.2) is 12.1 Å². The fourth-order valence-electron chi connectivity index (χ4n) is 2.54. The second-order valence-electron chi connectivity index (χ2n) is 6.45. The van der Waals surface area contributed by atoms with Crippen molar-refractivity contribution in [2.45, 2.75) is 51.7 Å². The van der Waals surface area contributed by atoms with Crippen LogP contribution in [0, 0.1) is 11.2 Å². The van der Waals surface area contributed by atoms with Gasteiger partial charge in [-0.3, -0.25) is 0 Å². The minimum Gasteiger partial charge on any atom is -0.328 e. The average molecular weight is 250 g/mol. The minimum atomic E-state index is -0.183. The molecule has 100 valence electrons. The molecule has 0 radical (unpaired) electrons. The van der Waals surface area contributed by atoms with Gasteiger partial charge in [-0.1, -0.05) is 32.9 Å². The first-order valence-electron chi connectivity index (χ1n) is 6.63. The third-order valence-corrected chi connectivity index (χ3v) is 3.65. The summed E-state index contributed by atoms with van der Waals surface area (Å²) >= 11 is 0. The lowest BCUT2D eigenvalue weighted by Gasteiger charge is -2.41. The highest BCUT2D eigenvalue weighted by molar-refractivity contribution is 5.22. The first-order chi connectivity index (χ1) is 8.36. The molecule has 1 aliphatic carbocycles. The molecule has 2 rings (SSSR count). The van der Waals surface area contributed by atoms with E-state index in [-0.39, 0.29) is 17.3 Å². The standard InChI is InChI=1S/C15H23FN2/c1-15(2,3)14(18-13-8-12(17)9-13)10-4-6-11(16)7-5-10/h4-7,12-14,18H,8-9,17H2,1-3H3. The summed E-state index contributed by atoms with van der Waals surface area (Å²) in [6, 6.07) is 7.87. The summed E-state index contributed by atoms with van der Waals surface area (Å²) in [5.41, 5.74) is 7.06. The molecule has 0 heterocycles. The lowest BCUT2D eigenvalue weighted by molar-refractivity contribution is 0.194. The van der Waals surface area contributed by atoms with E-state index in [4.69, 9.17) is 5.73 Å². The summed E-state index contributed by atoms with van der Waals surface area (Å²) in [5, 5.41) is 3.66. The molecular formula is C15H23FN2. The van der Waals surface area contributed by atoms with E-state index in [0.717, 1.165) is 18.4 Å². The molecule has 2 nitrogen and oxygen atoms in total. The Morgan fingerprint density at radius 1 is 1.22 bits per heavy atom. The van der Waals surface area contributed by atoms with Crippen molar-refractivity contribution in [2.75, 3.05) is 0 Å². The van der Waals surface area contributed by atoms with Gasteiger partial charge in [0.25, 0.3) is 0 Å². The number of halogens is 1. The zero-order valence-electron chi connectivity index (χ0n) is 11.4. The normalized spacial score (nSPS) is 25.6. The van der Waals surface area contributed by atoms with E-state index in [1.54, 1.807) is 0 Å². The molecule has 1 aromatic rings. The van der Waals surface area contributed by atoms with Gasteiger partial charge >= 0.3 is 0 Å². The van der Waals surface area contributed by atoms with Gasteiger partial charge in [0.1, 0.15) is 5.82 Å². The van der Waals surface area contributed by atoms with Crippen LogP contribution < -0.4 is 11.1 Å². The maximum Gasteiger partial charge on any atom is 0.123 e. The molecule has 1 fully saturated rings. The van der Waals surface area contributed by atoms with E-state index in [2.05, 4.69) is 26.1 Å². The summed E-state index contributed by atoms with van der Waals surface area (Å²) in [6.07, 6.45) is 2.07. The lowest BCUT2D eigenvalue weighted by Crippen LogP contribution is -2.51. The van der Waals surface area contributed by atoms with E-state index < -0.39 is 0 Å². The summed E-state index contributed by atoms with van der Waals surface area (Å²) < 4.78 is 13.0. The predicted octanol–water partition coefficient (Wildman–Crippen LogP) is 2.99. The van der Waals surface area contributed by atoms with Crippen molar-refractivity contribution in [3.63, 3.8) is 0 Å². The van der Waals surface area contributed by atoms with E-state index >= 15 is 0 Å². The van der Waals surface area contributed by atoms with Crippen molar-refractivity contribution in [1.29, 1.82) is 0 Å². The Hall–Kier alpha value is -0.930. The van der Waals surface area contributed by atoms with Crippen molar-refractivity contribution >= 4 is 0 Å². The Bertz CT molecular complexity index is 388. The maximum atomic E-state index is 13.0. The Labute approximate surface area is 109 Å². The second-order valence-corrected chi connectivity index (χ2v) is 6.45. The van der Waals surface area contributed by atoms with Crippen LogP contribution in [0.25, 0.3) is 0 Å². The molecule has 0 saturated heterocycles.